The summed E-state index contributed by atoms with van der Waals surface area (Å²) in [6, 6.07) is 2.66. The van der Waals surface area contributed by atoms with Crippen LogP contribution in [-0.2, 0) is 6.54 Å². The first-order chi connectivity index (χ1) is 11.0. The Morgan fingerprint density at radius 1 is 1.39 bits per heavy atom. The van der Waals surface area contributed by atoms with Gasteiger partial charge in [-0.1, -0.05) is 12.1 Å². The molecule has 0 aliphatic heterocycles. The van der Waals surface area contributed by atoms with Crippen molar-refractivity contribution in [3.63, 3.8) is 0 Å². The van der Waals surface area contributed by atoms with E-state index in [0.29, 0.717) is 18.7 Å². The number of urea groups is 1. The van der Waals surface area contributed by atoms with Crippen molar-refractivity contribution in [3.8, 4) is 0 Å². The fourth-order valence-electron chi connectivity index (χ4n) is 2.56. The largest absolute Gasteiger partial charge is 0.361 e. The number of nitrogens with one attached hydrogen (secondary N) is 2. The van der Waals surface area contributed by atoms with Crippen LogP contribution in [0.1, 0.15) is 43.3 Å². The van der Waals surface area contributed by atoms with E-state index in [-0.39, 0.29) is 17.3 Å². The summed E-state index contributed by atoms with van der Waals surface area (Å²) in [5, 5.41) is 9.39. The van der Waals surface area contributed by atoms with Gasteiger partial charge in [0.15, 0.2) is 0 Å². The van der Waals surface area contributed by atoms with Crippen LogP contribution in [0.4, 0.5) is 10.5 Å². The molecule has 2 amide bonds. The molecule has 0 saturated carbocycles. The molecule has 2 heterocycles. The van der Waals surface area contributed by atoms with Crippen LogP contribution in [0, 0.1) is 13.8 Å². The van der Waals surface area contributed by atoms with Crippen molar-refractivity contribution in [1.82, 2.24) is 15.0 Å². The van der Waals surface area contributed by atoms with Gasteiger partial charge in [0.05, 0.1) is 11.7 Å². The number of pyridine rings is 1. The lowest BCUT2D eigenvalue weighted by atomic mass is 10.0. The number of carbonyl (C=O) groups excluding carboxylic acids is 1. The SMILES string of the molecule is CCC(NC(=O)Nc1cccn(CC)c1=O)c1c(C)noc1C. The molecule has 0 aliphatic rings. The fourth-order valence-corrected chi connectivity index (χ4v) is 2.56. The third-order valence-corrected chi connectivity index (χ3v) is 3.76. The normalized spacial score (nSPS) is 12.0. The first-order valence-corrected chi connectivity index (χ1v) is 7.67. The highest BCUT2D eigenvalue weighted by atomic mass is 16.5. The van der Waals surface area contributed by atoms with Gasteiger partial charge in [0.1, 0.15) is 11.4 Å². The van der Waals surface area contributed by atoms with Crippen molar-refractivity contribution < 1.29 is 9.32 Å². The topological polar surface area (TPSA) is 89.2 Å². The van der Waals surface area contributed by atoms with Crippen LogP contribution in [0.15, 0.2) is 27.6 Å². The summed E-state index contributed by atoms with van der Waals surface area (Å²) in [4.78, 5) is 24.4. The minimum absolute atomic E-state index is 0.224. The molecule has 0 fully saturated rings. The zero-order valence-electron chi connectivity index (χ0n) is 13.8. The Kier molecular flexibility index (Phi) is 5.20. The zero-order valence-corrected chi connectivity index (χ0v) is 13.8. The highest BCUT2D eigenvalue weighted by Crippen LogP contribution is 2.23. The molecule has 1 atom stereocenters. The minimum Gasteiger partial charge on any atom is -0.361 e. The van der Waals surface area contributed by atoms with E-state index in [2.05, 4.69) is 15.8 Å². The van der Waals surface area contributed by atoms with Crippen LogP contribution in [0.2, 0.25) is 0 Å². The van der Waals surface area contributed by atoms with Crippen LogP contribution < -0.4 is 16.2 Å². The van der Waals surface area contributed by atoms with Crippen molar-refractivity contribution in [2.24, 2.45) is 0 Å². The maximum Gasteiger partial charge on any atom is 0.319 e. The predicted molar refractivity (Wildman–Crippen MR) is 87.5 cm³/mol. The smallest absolute Gasteiger partial charge is 0.319 e. The highest BCUT2D eigenvalue weighted by molar-refractivity contribution is 5.89. The Morgan fingerprint density at radius 3 is 2.70 bits per heavy atom. The minimum atomic E-state index is -0.428. The number of hydrogen-bond donors (Lipinski definition) is 2. The van der Waals surface area contributed by atoms with E-state index in [1.165, 1.54) is 4.57 Å². The van der Waals surface area contributed by atoms with Gasteiger partial charge in [-0.2, -0.15) is 0 Å². The summed E-state index contributed by atoms with van der Waals surface area (Å²) in [5.74, 6) is 0.683. The number of aromatic nitrogens is 2. The Labute approximate surface area is 134 Å². The van der Waals surface area contributed by atoms with Gasteiger partial charge in [-0.25, -0.2) is 4.79 Å². The maximum absolute atomic E-state index is 12.2. The lowest BCUT2D eigenvalue weighted by molar-refractivity contribution is 0.248. The number of hydrogen-bond acceptors (Lipinski definition) is 4. The van der Waals surface area contributed by atoms with E-state index in [1.807, 2.05) is 27.7 Å². The summed E-state index contributed by atoms with van der Waals surface area (Å²) in [6.07, 6.45) is 2.37. The van der Waals surface area contributed by atoms with Gasteiger partial charge in [0.25, 0.3) is 5.56 Å². The quantitative estimate of drug-likeness (QED) is 0.887. The molecule has 2 N–H and O–H groups in total. The zero-order chi connectivity index (χ0) is 17.0. The van der Waals surface area contributed by atoms with E-state index in [0.717, 1.165) is 11.3 Å². The molecule has 0 aromatic carbocycles. The summed E-state index contributed by atoms with van der Waals surface area (Å²) in [5.41, 5.74) is 1.65. The molecule has 124 valence electrons. The third-order valence-electron chi connectivity index (χ3n) is 3.76. The summed E-state index contributed by atoms with van der Waals surface area (Å²) in [7, 11) is 0. The Hall–Kier alpha value is -2.57. The molecule has 0 radical (unpaired) electrons. The average molecular weight is 318 g/mol. The van der Waals surface area contributed by atoms with Crippen LogP contribution in [0.5, 0.6) is 0 Å². The second-order valence-electron chi connectivity index (χ2n) is 5.31. The van der Waals surface area contributed by atoms with E-state index >= 15 is 0 Å². The van der Waals surface area contributed by atoms with Crippen molar-refractivity contribution in [2.45, 2.75) is 46.7 Å². The second-order valence-corrected chi connectivity index (χ2v) is 5.31. The average Bonchev–Trinajstić information content (AvgIpc) is 2.86. The lowest BCUT2D eigenvalue weighted by Gasteiger charge is -2.17. The van der Waals surface area contributed by atoms with Crippen molar-refractivity contribution in [3.05, 3.63) is 45.7 Å². The van der Waals surface area contributed by atoms with E-state index in [4.69, 9.17) is 4.52 Å². The van der Waals surface area contributed by atoms with Crippen LogP contribution >= 0.6 is 0 Å². The molecule has 7 heteroatoms. The first-order valence-electron chi connectivity index (χ1n) is 7.67. The molecular weight excluding hydrogens is 296 g/mol. The number of nitrogens with zero attached hydrogens (tertiary/aromatic N) is 2. The molecule has 0 aliphatic carbocycles. The molecule has 0 saturated heterocycles. The Balaban J connectivity index is 2.14. The standard InChI is InChI=1S/C16H22N4O3/c1-5-12(14-10(3)19-23-11(14)4)17-16(22)18-13-8-7-9-20(6-2)15(13)21/h7-9,12H,5-6H2,1-4H3,(H2,17,18,22). The van der Waals surface area contributed by atoms with Gasteiger partial charge in [-0.3, -0.25) is 4.79 Å². The van der Waals surface area contributed by atoms with Gasteiger partial charge < -0.3 is 19.7 Å². The molecule has 2 rings (SSSR count). The molecule has 7 nitrogen and oxygen atoms in total. The number of rotatable bonds is 5. The molecule has 2 aromatic rings. The van der Waals surface area contributed by atoms with Crippen molar-refractivity contribution in [1.29, 1.82) is 0 Å². The van der Waals surface area contributed by atoms with Gasteiger partial charge in [-0.05, 0) is 39.3 Å². The molecule has 2 aromatic heterocycles. The van der Waals surface area contributed by atoms with Gasteiger partial charge in [-0.15, -0.1) is 0 Å². The van der Waals surface area contributed by atoms with Crippen LogP contribution in [0.25, 0.3) is 0 Å². The van der Waals surface area contributed by atoms with Gasteiger partial charge in [0, 0.05) is 18.3 Å². The van der Waals surface area contributed by atoms with Gasteiger partial charge in [0.2, 0.25) is 0 Å². The van der Waals surface area contributed by atoms with Crippen LogP contribution in [-0.4, -0.2) is 15.8 Å². The summed E-state index contributed by atoms with van der Waals surface area (Å²) < 4.78 is 6.68. The first kappa shape index (κ1) is 16.8. The maximum atomic E-state index is 12.2. The molecule has 0 spiro atoms. The predicted octanol–water partition coefficient (Wildman–Crippen LogP) is 2.75. The van der Waals surface area contributed by atoms with Crippen LogP contribution in [0.3, 0.4) is 0 Å². The highest BCUT2D eigenvalue weighted by Gasteiger charge is 2.21. The number of anilines is 1. The number of aryl methyl sites for hydroxylation is 3. The van der Waals surface area contributed by atoms with E-state index < -0.39 is 6.03 Å². The lowest BCUT2D eigenvalue weighted by Crippen LogP contribution is -2.35. The summed E-state index contributed by atoms with van der Waals surface area (Å²) >= 11 is 0. The van der Waals surface area contributed by atoms with Gasteiger partial charge >= 0.3 is 6.03 Å². The Morgan fingerprint density at radius 2 is 2.13 bits per heavy atom. The second kappa shape index (κ2) is 7.13. The van der Waals surface area contributed by atoms with E-state index in [1.54, 1.807) is 18.3 Å². The van der Waals surface area contributed by atoms with E-state index in [9.17, 15) is 9.59 Å². The fraction of sp³-hybridized carbons (Fsp3) is 0.438. The summed E-state index contributed by atoms with van der Waals surface area (Å²) in [6.45, 7) is 8.03. The number of carbonyl (C=O) groups is 1. The van der Waals surface area contributed by atoms with Crippen molar-refractivity contribution in [2.75, 3.05) is 5.32 Å². The monoisotopic (exact) mass is 318 g/mol. The molecule has 1 unspecified atom stereocenters. The molecular formula is C16H22N4O3. The molecule has 23 heavy (non-hydrogen) atoms. The number of amides is 2. The third kappa shape index (κ3) is 3.61. The molecule has 0 bridgehead atoms. The van der Waals surface area contributed by atoms with Crippen molar-refractivity contribution >= 4 is 11.7 Å². The Bertz CT molecular complexity index is 729.